The van der Waals surface area contributed by atoms with Crippen molar-refractivity contribution in [1.29, 1.82) is 0 Å². The van der Waals surface area contributed by atoms with E-state index in [1.54, 1.807) is 0 Å². The van der Waals surface area contributed by atoms with Gasteiger partial charge in [0.2, 0.25) is 11.8 Å². The van der Waals surface area contributed by atoms with E-state index in [2.05, 4.69) is 42.8 Å². The summed E-state index contributed by atoms with van der Waals surface area (Å²) in [6.07, 6.45) is 5.00. The summed E-state index contributed by atoms with van der Waals surface area (Å²) in [5.74, 6) is 2.14. The minimum absolute atomic E-state index is 0.185. The lowest BCUT2D eigenvalue weighted by molar-refractivity contribution is -0.152. The molecule has 0 spiro atoms. The molecule has 2 aliphatic rings. The van der Waals surface area contributed by atoms with Crippen molar-refractivity contribution in [3.05, 3.63) is 11.8 Å². The summed E-state index contributed by atoms with van der Waals surface area (Å²) in [6, 6.07) is 0.528. The first kappa shape index (κ1) is 15.9. The van der Waals surface area contributed by atoms with Gasteiger partial charge in [-0.2, -0.15) is 0 Å². The average molecular weight is 307 g/mol. The van der Waals surface area contributed by atoms with E-state index in [9.17, 15) is 0 Å². The van der Waals surface area contributed by atoms with Crippen LogP contribution in [0.2, 0.25) is 0 Å². The lowest BCUT2D eigenvalue weighted by Gasteiger charge is -2.55. The first-order valence-electron chi connectivity index (χ1n) is 8.74. The highest BCUT2D eigenvalue weighted by Crippen LogP contribution is 2.46. The van der Waals surface area contributed by atoms with Crippen molar-refractivity contribution in [1.82, 2.24) is 15.1 Å². The number of aromatic nitrogens is 2. The Morgan fingerprint density at radius 2 is 2.05 bits per heavy atom. The van der Waals surface area contributed by atoms with Crippen LogP contribution in [0.25, 0.3) is 0 Å². The molecule has 1 aromatic heterocycles. The van der Waals surface area contributed by atoms with Crippen LogP contribution >= 0.6 is 0 Å². The molecule has 5 nitrogen and oxygen atoms in total. The fourth-order valence-electron chi connectivity index (χ4n) is 3.60. The molecule has 2 aliphatic carbocycles. The Bertz CT molecular complexity index is 496. The maximum atomic E-state index is 5.87. The lowest BCUT2D eigenvalue weighted by Crippen LogP contribution is -2.62. The number of hydrogen-bond donors (Lipinski definition) is 0. The topological polar surface area (TPSA) is 51.4 Å². The monoisotopic (exact) mass is 307 g/mol. The molecule has 1 heterocycles. The largest absolute Gasteiger partial charge is 0.424 e. The van der Waals surface area contributed by atoms with E-state index in [4.69, 9.17) is 9.15 Å². The van der Waals surface area contributed by atoms with Crippen molar-refractivity contribution in [2.45, 2.75) is 78.0 Å². The van der Waals surface area contributed by atoms with Crippen LogP contribution in [0.5, 0.6) is 0 Å². The Kier molecular flexibility index (Phi) is 4.55. The standard InChI is InChI=1S/C17H29N3O2/c1-5-9-20(13-10-14(21-6-2)17(13,3)4)11-15-18-19-16(22-15)12-7-8-12/h12-14H,5-11H2,1-4H3/t13-,14+/m0/s1. The molecular formula is C17H29N3O2. The van der Waals surface area contributed by atoms with E-state index < -0.39 is 0 Å². The van der Waals surface area contributed by atoms with Crippen molar-refractivity contribution < 1.29 is 9.15 Å². The van der Waals surface area contributed by atoms with Crippen LogP contribution in [-0.4, -0.2) is 40.4 Å². The molecule has 2 saturated carbocycles. The number of hydrogen-bond acceptors (Lipinski definition) is 5. The van der Waals surface area contributed by atoms with Crippen LogP contribution in [0.1, 0.15) is 71.1 Å². The second kappa shape index (κ2) is 6.28. The van der Waals surface area contributed by atoms with Gasteiger partial charge in [0.25, 0.3) is 0 Å². The zero-order valence-electron chi connectivity index (χ0n) is 14.3. The zero-order chi connectivity index (χ0) is 15.7. The molecule has 0 saturated heterocycles. The second-order valence-electron chi connectivity index (χ2n) is 7.30. The van der Waals surface area contributed by atoms with Gasteiger partial charge in [0, 0.05) is 24.0 Å². The third-order valence-electron chi connectivity index (χ3n) is 5.19. The van der Waals surface area contributed by atoms with E-state index in [1.807, 2.05) is 0 Å². The zero-order valence-corrected chi connectivity index (χ0v) is 14.3. The summed E-state index contributed by atoms with van der Waals surface area (Å²) in [6.45, 7) is 11.5. The van der Waals surface area contributed by atoms with E-state index in [-0.39, 0.29) is 5.41 Å². The van der Waals surface area contributed by atoms with Gasteiger partial charge >= 0.3 is 0 Å². The second-order valence-corrected chi connectivity index (χ2v) is 7.30. The molecule has 0 bridgehead atoms. The molecule has 0 aromatic carbocycles. The quantitative estimate of drug-likeness (QED) is 0.737. The third kappa shape index (κ3) is 3.06. The molecule has 124 valence electrons. The van der Waals surface area contributed by atoms with E-state index in [0.29, 0.717) is 18.1 Å². The van der Waals surface area contributed by atoms with Crippen molar-refractivity contribution in [3.63, 3.8) is 0 Å². The molecule has 1 aromatic rings. The van der Waals surface area contributed by atoms with Gasteiger partial charge in [-0.1, -0.05) is 20.8 Å². The number of rotatable bonds is 8. The summed E-state index contributed by atoms with van der Waals surface area (Å²) in [5.41, 5.74) is 0.185. The average Bonchev–Trinajstić information content (AvgIpc) is 3.23. The lowest BCUT2D eigenvalue weighted by atomic mass is 9.63. The first-order chi connectivity index (χ1) is 10.6. The molecule has 0 aliphatic heterocycles. The molecule has 22 heavy (non-hydrogen) atoms. The number of ether oxygens (including phenoxy) is 1. The van der Waals surface area contributed by atoms with Crippen LogP contribution in [0.3, 0.4) is 0 Å². The van der Waals surface area contributed by atoms with Gasteiger partial charge in [-0.3, -0.25) is 4.90 Å². The highest BCUT2D eigenvalue weighted by atomic mass is 16.5. The minimum atomic E-state index is 0.185. The van der Waals surface area contributed by atoms with Crippen molar-refractivity contribution in [3.8, 4) is 0 Å². The summed E-state index contributed by atoms with van der Waals surface area (Å²) < 4.78 is 11.7. The van der Waals surface area contributed by atoms with E-state index >= 15 is 0 Å². The highest BCUT2D eigenvalue weighted by molar-refractivity contribution is 5.05. The summed E-state index contributed by atoms with van der Waals surface area (Å²) in [5, 5.41) is 8.46. The molecule has 2 fully saturated rings. The molecule has 5 heteroatoms. The maximum absolute atomic E-state index is 5.87. The molecule has 0 radical (unpaired) electrons. The highest BCUT2D eigenvalue weighted by Gasteiger charge is 2.51. The summed E-state index contributed by atoms with van der Waals surface area (Å²) in [4.78, 5) is 2.50. The maximum Gasteiger partial charge on any atom is 0.230 e. The minimum Gasteiger partial charge on any atom is -0.424 e. The van der Waals surface area contributed by atoms with Crippen LogP contribution in [0.15, 0.2) is 4.42 Å². The van der Waals surface area contributed by atoms with Gasteiger partial charge in [-0.25, -0.2) is 0 Å². The van der Waals surface area contributed by atoms with Crippen LogP contribution in [0, 0.1) is 5.41 Å². The summed E-state index contributed by atoms with van der Waals surface area (Å²) in [7, 11) is 0. The predicted molar refractivity (Wildman–Crippen MR) is 84.6 cm³/mol. The van der Waals surface area contributed by atoms with Gasteiger partial charge in [-0.05, 0) is 39.2 Å². The third-order valence-corrected chi connectivity index (χ3v) is 5.19. The van der Waals surface area contributed by atoms with Crippen LogP contribution < -0.4 is 0 Å². The van der Waals surface area contributed by atoms with Crippen LogP contribution in [-0.2, 0) is 11.3 Å². The molecule has 0 N–H and O–H groups in total. The van der Waals surface area contributed by atoms with E-state index in [0.717, 1.165) is 44.3 Å². The Balaban J connectivity index is 1.64. The number of nitrogens with zero attached hydrogens (tertiary/aromatic N) is 3. The molecular weight excluding hydrogens is 278 g/mol. The fourth-order valence-corrected chi connectivity index (χ4v) is 3.60. The van der Waals surface area contributed by atoms with Crippen molar-refractivity contribution in [2.24, 2.45) is 5.41 Å². The first-order valence-corrected chi connectivity index (χ1v) is 8.74. The van der Waals surface area contributed by atoms with Crippen molar-refractivity contribution in [2.75, 3.05) is 13.2 Å². The SMILES string of the molecule is CCCN(Cc1nnc(C2CC2)o1)[C@H]1C[C@@H](OCC)C1(C)C. The Morgan fingerprint density at radius 1 is 1.27 bits per heavy atom. The van der Waals surface area contributed by atoms with Crippen molar-refractivity contribution >= 4 is 0 Å². The van der Waals surface area contributed by atoms with E-state index in [1.165, 1.54) is 12.8 Å². The smallest absolute Gasteiger partial charge is 0.230 e. The molecule has 3 rings (SSSR count). The van der Waals surface area contributed by atoms with Gasteiger partial charge < -0.3 is 9.15 Å². The Labute approximate surface area is 133 Å². The van der Waals surface area contributed by atoms with Gasteiger partial charge in [0.05, 0.1) is 12.6 Å². The van der Waals surface area contributed by atoms with Crippen LogP contribution in [0.4, 0.5) is 0 Å². The molecule has 0 amide bonds. The fraction of sp³-hybridized carbons (Fsp3) is 0.882. The Hall–Kier alpha value is -0.940. The Morgan fingerprint density at radius 3 is 2.64 bits per heavy atom. The molecule has 2 atom stereocenters. The predicted octanol–water partition coefficient (Wildman–Crippen LogP) is 3.36. The normalized spacial score (nSPS) is 27.1. The summed E-state index contributed by atoms with van der Waals surface area (Å²) >= 11 is 0. The van der Waals surface area contributed by atoms with Gasteiger partial charge in [0.1, 0.15) is 0 Å². The van der Waals surface area contributed by atoms with Gasteiger partial charge in [-0.15, -0.1) is 10.2 Å². The van der Waals surface area contributed by atoms with Gasteiger partial charge in [0.15, 0.2) is 0 Å². The molecule has 0 unspecified atom stereocenters.